The summed E-state index contributed by atoms with van der Waals surface area (Å²) in [6.07, 6.45) is 0. The largest absolute Gasteiger partial charge is 0.435 e. The van der Waals surface area contributed by atoms with Crippen molar-refractivity contribution in [2.24, 2.45) is 11.1 Å². The number of carbonyl (C=O) groups excluding carboxylic acids is 1. The molecule has 0 radical (unpaired) electrons. The van der Waals surface area contributed by atoms with Crippen LogP contribution in [-0.2, 0) is 4.79 Å². The summed E-state index contributed by atoms with van der Waals surface area (Å²) in [4.78, 5) is 16.0. The van der Waals surface area contributed by atoms with E-state index in [0.717, 1.165) is 0 Å². The van der Waals surface area contributed by atoms with E-state index in [2.05, 4.69) is 4.98 Å². The molecule has 0 saturated heterocycles. The van der Waals surface area contributed by atoms with Crippen LogP contribution in [-0.4, -0.2) is 10.9 Å². The number of para-hydroxylation sites is 1. The Hall–Kier alpha value is -2.14. The Morgan fingerprint density at radius 3 is 2.73 bits per heavy atom. The molecule has 2 N–H and O–H groups in total. The van der Waals surface area contributed by atoms with Crippen molar-refractivity contribution < 1.29 is 13.9 Å². The van der Waals surface area contributed by atoms with Gasteiger partial charge in [0, 0.05) is 17.0 Å². The number of rotatable bonds is 2. The number of amides is 1. The number of ether oxygens (including phenoxy) is 1. The molecule has 2 aromatic rings. The van der Waals surface area contributed by atoms with Crippen LogP contribution in [0.2, 0.25) is 5.15 Å². The number of fused-ring (bicyclic) bond motifs is 2. The third-order valence-electron chi connectivity index (χ3n) is 4.03. The van der Waals surface area contributed by atoms with Crippen LogP contribution in [0.25, 0.3) is 0 Å². The van der Waals surface area contributed by atoms with Gasteiger partial charge in [-0.25, -0.2) is 9.37 Å². The maximum absolute atomic E-state index is 14.1. The van der Waals surface area contributed by atoms with Gasteiger partial charge in [0.25, 0.3) is 0 Å². The Kier molecular flexibility index (Phi) is 3.33. The molecule has 6 heteroatoms. The van der Waals surface area contributed by atoms with Gasteiger partial charge in [-0.2, -0.15) is 0 Å². The topological polar surface area (TPSA) is 65.2 Å². The van der Waals surface area contributed by atoms with Crippen LogP contribution in [0.1, 0.15) is 30.9 Å². The van der Waals surface area contributed by atoms with Gasteiger partial charge in [-0.1, -0.05) is 37.6 Å². The van der Waals surface area contributed by atoms with E-state index in [1.807, 2.05) is 0 Å². The molecule has 1 amide bonds. The maximum atomic E-state index is 14.1. The average molecular weight is 321 g/mol. The van der Waals surface area contributed by atoms with Gasteiger partial charge < -0.3 is 10.5 Å². The highest BCUT2D eigenvalue weighted by atomic mass is 35.5. The molecule has 114 valence electrons. The van der Waals surface area contributed by atoms with Crippen LogP contribution in [0, 0.1) is 11.2 Å². The monoisotopic (exact) mass is 320 g/mol. The van der Waals surface area contributed by atoms with Crippen LogP contribution in [0.15, 0.2) is 30.3 Å². The number of nitrogens with zero attached hydrogens (tertiary/aromatic N) is 1. The zero-order valence-electron chi connectivity index (χ0n) is 12.1. The quantitative estimate of drug-likeness (QED) is 0.859. The highest BCUT2D eigenvalue weighted by Crippen LogP contribution is 2.51. The summed E-state index contributed by atoms with van der Waals surface area (Å²) in [7, 11) is 0. The summed E-state index contributed by atoms with van der Waals surface area (Å²) in [5, 5.41) is 0.231. The Balaban J connectivity index is 2.30. The summed E-state index contributed by atoms with van der Waals surface area (Å²) >= 11 is 5.89. The van der Waals surface area contributed by atoms with Crippen molar-refractivity contribution >= 4 is 17.5 Å². The summed E-state index contributed by atoms with van der Waals surface area (Å²) in [5.74, 6) is -1.22. The third-order valence-corrected chi connectivity index (χ3v) is 4.24. The number of aromatic nitrogens is 1. The second-order valence-corrected chi connectivity index (χ2v) is 6.19. The number of benzene rings is 1. The Labute approximate surface area is 132 Å². The fraction of sp³-hybridized carbons (Fsp3) is 0.250. The first-order chi connectivity index (χ1) is 10.3. The first-order valence-corrected chi connectivity index (χ1v) is 7.12. The van der Waals surface area contributed by atoms with Gasteiger partial charge in [0.15, 0.2) is 11.6 Å². The zero-order chi connectivity index (χ0) is 16.1. The molecule has 1 aliphatic heterocycles. The van der Waals surface area contributed by atoms with Crippen molar-refractivity contribution in [3.63, 3.8) is 0 Å². The van der Waals surface area contributed by atoms with Crippen LogP contribution in [0.4, 0.5) is 4.39 Å². The minimum absolute atomic E-state index is 0.0593. The molecule has 4 nitrogen and oxygen atoms in total. The number of nitrogens with two attached hydrogens (primary N) is 1. The van der Waals surface area contributed by atoms with E-state index >= 15 is 0 Å². The molecule has 3 rings (SSSR count). The highest BCUT2D eigenvalue weighted by molar-refractivity contribution is 6.29. The molecule has 0 saturated carbocycles. The van der Waals surface area contributed by atoms with Gasteiger partial charge in [-0.05, 0) is 18.2 Å². The van der Waals surface area contributed by atoms with Gasteiger partial charge in [-0.15, -0.1) is 0 Å². The first-order valence-electron chi connectivity index (χ1n) is 6.75. The van der Waals surface area contributed by atoms with Crippen molar-refractivity contribution in [3.8, 4) is 11.6 Å². The standard InChI is InChI=1S/C16H14ClFN2O2/c1-16(2,15(19)21)12-8-4-3-5-10(18)13(8)22-14-9(12)6-7-11(17)20-14/h3-7,12H,1-2H3,(H2,19,21). The summed E-state index contributed by atoms with van der Waals surface area (Å²) < 4.78 is 19.7. The summed E-state index contributed by atoms with van der Waals surface area (Å²) in [5.41, 5.74) is 5.84. The van der Waals surface area contributed by atoms with E-state index in [9.17, 15) is 9.18 Å². The molecule has 0 fully saturated rings. The van der Waals surface area contributed by atoms with E-state index in [1.54, 1.807) is 38.1 Å². The number of carbonyl (C=O) groups is 1. The second-order valence-electron chi connectivity index (χ2n) is 5.81. The molecule has 1 atom stereocenters. The number of hydrogen-bond acceptors (Lipinski definition) is 3. The number of halogens is 2. The van der Waals surface area contributed by atoms with Crippen molar-refractivity contribution in [1.82, 2.24) is 4.98 Å². The maximum Gasteiger partial charge on any atom is 0.224 e. The summed E-state index contributed by atoms with van der Waals surface area (Å²) in [6, 6.07) is 7.94. The zero-order valence-corrected chi connectivity index (χ0v) is 12.8. The minimum Gasteiger partial charge on any atom is -0.435 e. The molecule has 1 aromatic heterocycles. The Morgan fingerprint density at radius 1 is 1.32 bits per heavy atom. The van der Waals surface area contributed by atoms with E-state index in [4.69, 9.17) is 22.1 Å². The molecule has 0 aliphatic carbocycles. The highest BCUT2D eigenvalue weighted by Gasteiger charge is 2.43. The molecule has 1 aromatic carbocycles. The van der Waals surface area contributed by atoms with E-state index in [-0.39, 0.29) is 16.8 Å². The second kappa shape index (κ2) is 4.95. The van der Waals surface area contributed by atoms with E-state index in [1.165, 1.54) is 6.07 Å². The molecular weight excluding hydrogens is 307 g/mol. The number of hydrogen-bond donors (Lipinski definition) is 1. The predicted molar refractivity (Wildman–Crippen MR) is 80.5 cm³/mol. The van der Waals surface area contributed by atoms with Crippen molar-refractivity contribution in [3.05, 3.63) is 52.4 Å². The molecule has 1 aliphatic rings. The smallest absolute Gasteiger partial charge is 0.224 e. The fourth-order valence-electron chi connectivity index (χ4n) is 2.77. The van der Waals surface area contributed by atoms with E-state index in [0.29, 0.717) is 11.1 Å². The molecule has 22 heavy (non-hydrogen) atoms. The molecule has 0 spiro atoms. The van der Waals surface area contributed by atoms with Crippen LogP contribution in [0.5, 0.6) is 11.6 Å². The lowest BCUT2D eigenvalue weighted by atomic mass is 9.70. The van der Waals surface area contributed by atoms with Gasteiger partial charge in [-0.3, -0.25) is 4.79 Å². The van der Waals surface area contributed by atoms with Crippen LogP contribution < -0.4 is 10.5 Å². The molecule has 1 unspecified atom stereocenters. The number of pyridine rings is 1. The number of primary amides is 1. The molecule has 2 heterocycles. The van der Waals surface area contributed by atoms with Crippen LogP contribution in [0.3, 0.4) is 0 Å². The lowest BCUT2D eigenvalue weighted by Gasteiger charge is -2.36. The van der Waals surface area contributed by atoms with Crippen molar-refractivity contribution in [2.75, 3.05) is 0 Å². The van der Waals surface area contributed by atoms with Gasteiger partial charge in [0.2, 0.25) is 11.8 Å². The van der Waals surface area contributed by atoms with E-state index < -0.39 is 23.1 Å². The lowest BCUT2D eigenvalue weighted by Crippen LogP contribution is -2.38. The van der Waals surface area contributed by atoms with Gasteiger partial charge in [0.1, 0.15) is 5.15 Å². The van der Waals surface area contributed by atoms with Crippen LogP contribution >= 0.6 is 11.6 Å². The summed E-state index contributed by atoms with van der Waals surface area (Å²) in [6.45, 7) is 3.44. The minimum atomic E-state index is -0.948. The predicted octanol–water partition coefficient (Wildman–Crippen LogP) is 3.62. The third kappa shape index (κ3) is 2.13. The molecular formula is C16H14ClFN2O2. The first kappa shape index (κ1) is 14.8. The van der Waals surface area contributed by atoms with Gasteiger partial charge in [0.05, 0.1) is 5.41 Å². The fourth-order valence-corrected chi connectivity index (χ4v) is 2.91. The van der Waals surface area contributed by atoms with Crippen molar-refractivity contribution in [2.45, 2.75) is 19.8 Å². The SMILES string of the molecule is CC(C)(C(N)=O)C1c2ccc(Cl)nc2Oc2c(F)cccc21. The Morgan fingerprint density at radius 2 is 2.05 bits per heavy atom. The lowest BCUT2D eigenvalue weighted by molar-refractivity contribution is -0.126. The Bertz CT molecular complexity index is 777. The van der Waals surface area contributed by atoms with Crippen molar-refractivity contribution in [1.29, 1.82) is 0 Å². The van der Waals surface area contributed by atoms with Gasteiger partial charge >= 0.3 is 0 Å². The normalized spacial score (nSPS) is 16.5. The molecule has 0 bridgehead atoms. The average Bonchev–Trinajstić information content (AvgIpc) is 2.45.